The summed E-state index contributed by atoms with van der Waals surface area (Å²) in [6.07, 6.45) is 0. The number of carbonyl (C=O) groups is 1. The van der Waals surface area contributed by atoms with Gasteiger partial charge in [-0.15, -0.1) is 0 Å². The number of hydrogen-bond acceptors (Lipinski definition) is 3. The Morgan fingerprint density at radius 3 is 2.12 bits per heavy atom. The van der Waals surface area contributed by atoms with E-state index in [1.165, 1.54) is 0 Å². The Morgan fingerprint density at radius 1 is 1.00 bits per heavy atom. The van der Waals surface area contributed by atoms with Crippen molar-refractivity contribution in [1.82, 2.24) is 5.32 Å². The maximum Gasteiger partial charge on any atom is 0.264 e. The summed E-state index contributed by atoms with van der Waals surface area (Å²) >= 11 is 0. The number of benzene rings is 2. The first-order valence-electron chi connectivity index (χ1n) is 8.65. The highest BCUT2D eigenvalue weighted by molar-refractivity contribution is 7.92. The molecule has 0 aliphatic heterocycles. The van der Waals surface area contributed by atoms with Crippen molar-refractivity contribution in [3.8, 4) is 0 Å². The van der Waals surface area contributed by atoms with Gasteiger partial charge in [-0.3, -0.25) is 9.10 Å². The molecule has 0 aliphatic carbocycles. The highest BCUT2D eigenvalue weighted by atomic mass is 32.2. The Bertz CT molecular complexity index is 831. The third kappa shape index (κ3) is 4.85. The molecule has 26 heavy (non-hydrogen) atoms. The maximum absolute atomic E-state index is 13.1. The molecule has 0 aliphatic rings. The van der Waals surface area contributed by atoms with Crippen LogP contribution < -0.4 is 9.62 Å². The number of para-hydroxylation sites is 1. The van der Waals surface area contributed by atoms with Crippen LogP contribution in [0.5, 0.6) is 0 Å². The number of hydrogen-bond donors (Lipinski definition) is 1. The smallest absolute Gasteiger partial charge is 0.264 e. The monoisotopic (exact) mass is 374 g/mol. The zero-order valence-electron chi connectivity index (χ0n) is 15.6. The summed E-state index contributed by atoms with van der Waals surface area (Å²) in [6.45, 7) is 7.54. The molecule has 0 bridgehead atoms. The van der Waals surface area contributed by atoms with Crippen LogP contribution in [0.2, 0.25) is 0 Å². The van der Waals surface area contributed by atoms with Crippen LogP contribution in [-0.4, -0.2) is 26.9 Å². The predicted molar refractivity (Wildman–Crippen MR) is 105 cm³/mol. The summed E-state index contributed by atoms with van der Waals surface area (Å²) in [5.41, 5.74) is 1.43. The fraction of sp³-hybridized carbons (Fsp3) is 0.350. The lowest BCUT2D eigenvalue weighted by Crippen LogP contribution is -2.45. The number of nitrogens with one attached hydrogen (secondary N) is 1. The van der Waals surface area contributed by atoms with E-state index in [0.29, 0.717) is 5.69 Å². The minimum absolute atomic E-state index is 0.0396. The van der Waals surface area contributed by atoms with Gasteiger partial charge in [0.1, 0.15) is 6.54 Å². The average molecular weight is 375 g/mol. The van der Waals surface area contributed by atoms with Crippen molar-refractivity contribution < 1.29 is 13.2 Å². The molecule has 1 unspecified atom stereocenters. The van der Waals surface area contributed by atoms with Crippen LogP contribution in [0.15, 0.2) is 59.5 Å². The maximum atomic E-state index is 13.1. The minimum Gasteiger partial charge on any atom is -0.352 e. The summed E-state index contributed by atoms with van der Waals surface area (Å²) in [6, 6.07) is 15.3. The van der Waals surface area contributed by atoms with Gasteiger partial charge in [-0.2, -0.15) is 0 Å². The molecule has 0 aromatic heterocycles. The molecule has 0 fully saturated rings. The van der Waals surface area contributed by atoms with E-state index in [4.69, 9.17) is 0 Å². The van der Waals surface area contributed by atoms with Gasteiger partial charge < -0.3 is 5.32 Å². The molecule has 2 aromatic rings. The zero-order valence-corrected chi connectivity index (χ0v) is 16.5. The lowest BCUT2D eigenvalue weighted by Gasteiger charge is -2.25. The molecular weight excluding hydrogens is 348 g/mol. The molecule has 5 nitrogen and oxygen atoms in total. The van der Waals surface area contributed by atoms with E-state index < -0.39 is 10.0 Å². The molecule has 2 aromatic carbocycles. The van der Waals surface area contributed by atoms with Crippen LogP contribution in [0.3, 0.4) is 0 Å². The van der Waals surface area contributed by atoms with Crippen molar-refractivity contribution in [3.05, 3.63) is 60.2 Å². The summed E-state index contributed by atoms with van der Waals surface area (Å²) in [4.78, 5) is 12.6. The fourth-order valence-electron chi connectivity index (χ4n) is 2.34. The highest BCUT2D eigenvalue weighted by Gasteiger charge is 2.27. The van der Waals surface area contributed by atoms with Gasteiger partial charge in [-0.25, -0.2) is 8.42 Å². The second-order valence-electron chi connectivity index (χ2n) is 6.76. The topological polar surface area (TPSA) is 66.5 Å². The lowest BCUT2D eigenvalue weighted by molar-refractivity contribution is -0.120. The quantitative estimate of drug-likeness (QED) is 0.808. The largest absolute Gasteiger partial charge is 0.352 e. The highest BCUT2D eigenvalue weighted by Crippen LogP contribution is 2.23. The van der Waals surface area contributed by atoms with Crippen LogP contribution in [0, 0.1) is 12.8 Å². The minimum atomic E-state index is -3.85. The number of amides is 1. The standard InChI is InChI=1S/C20H26N2O3S/c1-15(2)17(4)21-20(23)14-22(18-8-6-5-7-9-18)26(24,25)19-12-10-16(3)11-13-19/h5-13,15,17H,14H2,1-4H3,(H,21,23). The Labute approximate surface area is 156 Å². The normalized spacial score (nSPS) is 12.7. The number of nitrogens with zero attached hydrogens (tertiary/aromatic N) is 1. The molecule has 1 N–H and O–H groups in total. The van der Waals surface area contributed by atoms with E-state index in [-0.39, 0.29) is 29.3 Å². The molecular formula is C20H26N2O3S. The van der Waals surface area contributed by atoms with Crippen molar-refractivity contribution in [3.63, 3.8) is 0 Å². The van der Waals surface area contributed by atoms with Gasteiger partial charge in [0.2, 0.25) is 5.91 Å². The first-order chi connectivity index (χ1) is 12.2. The van der Waals surface area contributed by atoms with Gasteiger partial charge in [0.25, 0.3) is 10.0 Å². The van der Waals surface area contributed by atoms with Gasteiger partial charge >= 0.3 is 0 Å². The number of sulfonamides is 1. The second-order valence-corrected chi connectivity index (χ2v) is 8.62. The van der Waals surface area contributed by atoms with Crippen LogP contribution >= 0.6 is 0 Å². The first-order valence-corrected chi connectivity index (χ1v) is 10.1. The van der Waals surface area contributed by atoms with Crippen molar-refractivity contribution in [2.45, 2.75) is 38.6 Å². The number of carbonyl (C=O) groups excluding carboxylic acids is 1. The lowest BCUT2D eigenvalue weighted by atomic mass is 10.1. The molecule has 0 heterocycles. The molecule has 6 heteroatoms. The molecule has 0 spiro atoms. The summed E-state index contributed by atoms with van der Waals surface area (Å²) in [5, 5.41) is 2.87. The van der Waals surface area contributed by atoms with E-state index >= 15 is 0 Å². The van der Waals surface area contributed by atoms with E-state index in [1.807, 2.05) is 27.7 Å². The van der Waals surface area contributed by atoms with Gasteiger partial charge in [0.05, 0.1) is 10.6 Å². The Balaban J connectivity index is 2.36. The van der Waals surface area contributed by atoms with E-state index in [0.717, 1.165) is 9.87 Å². The molecule has 1 atom stereocenters. The molecule has 0 saturated heterocycles. The van der Waals surface area contributed by atoms with Gasteiger partial charge in [0.15, 0.2) is 0 Å². The number of rotatable bonds is 7. The SMILES string of the molecule is Cc1ccc(S(=O)(=O)N(CC(=O)NC(C)C(C)C)c2ccccc2)cc1. The van der Waals surface area contributed by atoms with Crippen LogP contribution in [0.1, 0.15) is 26.3 Å². The molecule has 2 rings (SSSR count). The van der Waals surface area contributed by atoms with Crippen molar-refractivity contribution in [2.75, 3.05) is 10.8 Å². The Hall–Kier alpha value is -2.34. The fourth-order valence-corrected chi connectivity index (χ4v) is 3.76. The van der Waals surface area contributed by atoms with Gasteiger partial charge in [-0.05, 0) is 44.0 Å². The first kappa shape index (κ1) is 20.0. The number of aryl methyl sites for hydroxylation is 1. The van der Waals surface area contributed by atoms with Crippen LogP contribution in [0.4, 0.5) is 5.69 Å². The number of anilines is 1. The summed E-state index contributed by atoms with van der Waals surface area (Å²) in [5.74, 6) is -0.0661. The van der Waals surface area contributed by atoms with Crippen LogP contribution in [0.25, 0.3) is 0 Å². The third-order valence-electron chi connectivity index (χ3n) is 4.33. The second kappa shape index (κ2) is 8.36. The summed E-state index contributed by atoms with van der Waals surface area (Å²) in [7, 11) is -3.85. The van der Waals surface area contributed by atoms with E-state index in [9.17, 15) is 13.2 Å². The van der Waals surface area contributed by atoms with Crippen molar-refractivity contribution in [1.29, 1.82) is 0 Å². The third-order valence-corrected chi connectivity index (χ3v) is 6.12. The average Bonchev–Trinajstić information content (AvgIpc) is 2.60. The molecule has 140 valence electrons. The van der Waals surface area contributed by atoms with E-state index in [1.54, 1.807) is 54.6 Å². The van der Waals surface area contributed by atoms with Gasteiger partial charge in [0, 0.05) is 6.04 Å². The summed E-state index contributed by atoms with van der Waals surface area (Å²) < 4.78 is 27.4. The molecule has 0 radical (unpaired) electrons. The van der Waals surface area contributed by atoms with Crippen LogP contribution in [-0.2, 0) is 14.8 Å². The Kier molecular flexibility index (Phi) is 6.42. The Morgan fingerprint density at radius 2 is 1.58 bits per heavy atom. The van der Waals surface area contributed by atoms with Gasteiger partial charge in [-0.1, -0.05) is 49.7 Å². The zero-order chi connectivity index (χ0) is 19.3. The van der Waals surface area contributed by atoms with Crippen molar-refractivity contribution >= 4 is 21.6 Å². The van der Waals surface area contributed by atoms with Crippen molar-refractivity contribution in [2.24, 2.45) is 5.92 Å². The van der Waals surface area contributed by atoms with E-state index in [2.05, 4.69) is 5.32 Å². The molecule has 1 amide bonds. The predicted octanol–water partition coefficient (Wildman–Crippen LogP) is 3.35. The molecule has 0 saturated carbocycles.